The average Bonchev–Trinajstić information content (AvgIpc) is 2.61. The fourth-order valence-electron chi connectivity index (χ4n) is 2.20. The molecule has 0 amide bonds. The summed E-state index contributed by atoms with van der Waals surface area (Å²) in [4.78, 5) is 12.1. The Morgan fingerprint density at radius 1 is 1.16 bits per heavy atom. The maximum atomic E-state index is 12.5. The smallest absolute Gasteiger partial charge is 0.324 e. The number of thioether (sulfide) groups is 1. The number of hydrogen-bond acceptors (Lipinski definition) is 5. The van der Waals surface area contributed by atoms with Gasteiger partial charge in [-0.25, -0.2) is 8.42 Å². The molecule has 134 valence electrons. The first-order valence-electron chi connectivity index (χ1n) is 7.71. The fourth-order valence-corrected chi connectivity index (χ4v) is 4.59. The molecule has 1 unspecified atom stereocenters. The molecular formula is C18H21NO4S2. The maximum Gasteiger partial charge on any atom is 0.324 e. The lowest BCUT2D eigenvalue weighted by Gasteiger charge is -2.16. The first-order chi connectivity index (χ1) is 11.9. The van der Waals surface area contributed by atoms with Crippen LogP contribution in [0.25, 0.3) is 0 Å². The Kier molecular flexibility index (Phi) is 7.04. The fraction of sp³-hybridized carbons (Fsp3) is 0.278. The minimum atomic E-state index is -3.80. The molecule has 0 aliphatic carbocycles. The topological polar surface area (TPSA) is 72.5 Å². The van der Waals surface area contributed by atoms with E-state index in [-0.39, 0.29) is 10.6 Å². The zero-order valence-electron chi connectivity index (χ0n) is 14.1. The predicted molar refractivity (Wildman–Crippen MR) is 99.9 cm³/mol. The lowest BCUT2D eigenvalue weighted by molar-refractivity contribution is -0.141. The number of methoxy groups -OCH3 is 1. The van der Waals surface area contributed by atoms with Gasteiger partial charge < -0.3 is 4.74 Å². The summed E-state index contributed by atoms with van der Waals surface area (Å²) in [5.74, 6) is 0.365. The number of ether oxygens (including phenoxy) is 1. The van der Waals surface area contributed by atoms with Crippen molar-refractivity contribution in [2.24, 2.45) is 0 Å². The van der Waals surface area contributed by atoms with Crippen molar-refractivity contribution in [3.05, 3.63) is 65.7 Å². The molecule has 0 bridgehead atoms. The summed E-state index contributed by atoms with van der Waals surface area (Å²) in [5, 5.41) is 0. The van der Waals surface area contributed by atoms with E-state index in [1.807, 2.05) is 43.3 Å². The van der Waals surface area contributed by atoms with E-state index in [4.69, 9.17) is 4.74 Å². The first-order valence-corrected chi connectivity index (χ1v) is 10.3. The van der Waals surface area contributed by atoms with Crippen LogP contribution in [0, 0.1) is 6.92 Å². The normalized spacial score (nSPS) is 12.6. The Morgan fingerprint density at radius 2 is 1.88 bits per heavy atom. The third-order valence-electron chi connectivity index (χ3n) is 3.48. The third kappa shape index (κ3) is 5.88. The predicted octanol–water partition coefficient (Wildman–Crippen LogP) is 2.75. The number of aryl methyl sites for hydroxylation is 1. The molecule has 2 aromatic carbocycles. The van der Waals surface area contributed by atoms with Crippen LogP contribution in [-0.4, -0.2) is 33.3 Å². The van der Waals surface area contributed by atoms with Gasteiger partial charge in [0.15, 0.2) is 0 Å². The van der Waals surface area contributed by atoms with Crippen molar-refractivity contribution in [2.75, 3.05) is 12.9 Å². The second-order valence-electron chi connectivity index (χ2n) is 5.51. The second-order valence-corrected chi connectivity index (χ2v) is 8.26. The molecule has 0 saturated carbocycles. The molecule has 0 heterocycles. The van der Waals surface area contributed by atoms with Gasteiger partial charge in [-0.3, -0.25) is 4.79 Å². The third-order valence-corrected chi connectivity index (χ3v) is 6.05. The van der Waals surface area contributed by atoms with E-state index < -0.39 is 22.0 Å². The van der Waals surface area contributed by atoms with Crippen molar-refractivity contribution < 1.29 is 17.9 Å². The van der Waals surface area contributed by atoms with Gasteiger partial charge in [0.2, 0.25) is 10.0 Å². The Bertz CT molecular complexity index is 807. The first kappa shape index (κ1) is 19.5. The molecule has 0 fully saturated rings. The van der Waals surface area contributed by atoms with E-state index >= 15 is 0 Å². The Labute approximate surface area is 152 Å². The van der Waals surface area contributed by atoms with E-state index in [9.17, 15) is 13.2 Å². The van der Waals surface area contributed by atoms with E-state index in [0.717, 1.165) is 11.1 Å². The average molecular weight is 380 g/mol. The zero-order valence-corrected chi connectivity index (χ0v) is 15.8. The monoisotopic (exact) mass is 379 g/mol. The highest BCUT2D eigenvalue weighted by molar-refractivity contribution is 7.98. The standard InChI is InChI=1S/C18H21NO4S2/c1-14-7-6-10-16(11-14)25(21,22)19-17(18(20)23-2)13-24-12-15-8-4-3-5-9-15/h3-11,17,19H,12-13H2,1-2H3. The summed E-state index contributed by atoms with van der Waals surface area (Å²) in [6.07, 6.45) is 0. The number of esters is 1. The summed E-state index contributed by atoms with van der Waals surface area (Å²) < 4.78 is 32.2. The molecule has 25 heavy (non-hydrogen) atoms. The van der Waals surface area contributed by atoms with Gasteiger partial charge in [-0.05, 0) is 30.2 Å². The van der Waals surface area contributed by atoms with Gasteiger partial charge in [-0.2, -0.15) is 16.5 Å². The summed E-state index contributed by atoms with van der Waals surface area (Å²) in [6.45, 7) is 1.81. The van der Waals surface area contributed by atoms with Crippen LogP contribution in [0.15, 0.2) is 59.5 Å². The number of carbonyl (C=O) groups excluding carboxylic acids is 1. The SMILES string of the molecule is COC(=O)C(CSCc1ccccc1)NS(=O)(=O)c1cccc(C)c1. The van der Waals surface area contributed by atoms with Crippen molar-refractivity contribution in [3.63, 3.8) is 0 Å². The highest BCUT2D eigenvalue weighted by Gasteiger charge is 2.26. The maximum absolute atomic E-state index is 12.5. The number of hydrogen-bond donors (Lipinski definition) is 1. The molecular weight excluding hydrogens is 358 g/mol. The summed E-state index contributed by atoms with van der Waals surface area (Å²) in [5.41, 5.74) is 1.94. The van der Waals surface area contributed by atoms with Crippen LogP contribution < -0.4 is 4.72 Å². The Hall–Kier alpha value is -1.83. The molecule has 0 aliphatic rings. The molecule has 2 rings (SSSR count). The van der Waals surface area contributed by atoms with E-state index in [1.54, 1.807) is 12.1 Å². The lowest BCUT2D eigenvalue weighted by Crippen LogP contribution is -2.43. The Morgan fingerprint density at radius 3 is 2.52 bits per heavy atom. The van der Waals surface area contributed by atoms with Crippen LogP contribution in [-0.2, 0) is 25.3 Å². The minimum absolute atomic E-state index is 0.134. The summed E-state index contributed by atoms with van der Waals surface area (Å²) in [7, 11) is -2.55. The van der Waals surface area contributed by atoms with Crippen LogP contribution in [0.4, 0.5) is 0 Å². The molecule has 7 heteroatoms. The van der Waals surface area contributed by atoms with Crippen molar-refractivity contribution in [1.82, 2.24) is 4.72 Å². The van der Waals surface area contributed by atoms with Gasteiger partial charge in [-0.1, -0.05) is 42.5 Å². The molecule has 0 aliphatic heterocycles. The van der Waals surface area contributed by atoms with Gasteiger partial charge in [0.25, 0.3) is 0 Å². The van der Waals surface area contributed by atoms with Gasteiger partial charge >= 0.3 is 5.97 Å². The number of rotatable bonds is 8. The summed E-state index contributed by atoms with van der Waals surface area (Å²) in [6, 6.07) is 15.4. The lowest BCUT2D eigenvalue weighted by atomic mass is 10.2. The van der Waals surface area contributed by atoms with Gasteiger partial charge in [0.1, 0.15) is 6.04 Å². The molecule has 2 aromatic rings. The van der Waals surface area contributed by atoms with Crippen molar-refractivity contribution in [1.29, 1.82) is 0 Å². The summed E-state index contributed by atoms with van der Waals surface area (Å²) >= 11 is 1.47. The van der Waals surface area contributed by atoms with Crippen molar-refractivity contribution in [2.45, 2.75) is 23.6 Å². The van der Waals surface area contributed by atoms with Crippen LogP contribution in [0.5, 0.6) is 0 Å². The molecule has 0 spiro atoms. The number of benzene rings is 2. The minimum Gasteiger partial charge on any atom is -0.468 e. The molecule has 0 aromatic heterocycles. The van der Waals surface area contributed by atoms with Crippen LogP contribution in [0.3, 0.4) is 0 Å². The van der Waals surface area contributed by atoms with Crippen molar-refractivity contribution in [3.8, 4) is 0 Å². The number of sulfonamides is 1. The van der Waals surface area contributed by atoms with Crippen LogP contribution in [0.2, 0.25) is 0 Å². The quantitative estimate of drug-likeness (QED) is 0.714. The van der Waals surface area contributed by atoms with Gasteiger partial charge in [0.05, 0.1) is 12.0 Å². The number of nitrogens with one attached hydrogen (secondary N) is 1. The molecule has 5 nitrogen and oxygen atoms in total. The van der Waals surface area contributed by atoms with E-state index in [0.29, 0.717) is 5.75 Å². The molecule has 1 N–H and O–H groups in total. The van der Waals surface area contributed by atoms with E-state index in [1.165, 1.54) is 24.9 Å². The van der Waals surface area contributed by atoms with Gasteiger partial charge in [-0.15, -0.1) is 0 Å². The van der Waals surface area contributed by atoms with E-state index in [2.05, 4.69) is 4.72 Å². The second kappa shape index (κ2) is 9.03. The van der Waals surface area contributed by atoms with Gasteiger partial charge in [0, 0.05) is 11.5 Å². The van der Waals surface area contributed by atoms with Crippen molar-refractivity contribution >= 4 is 27.8 Å². The molecule has 0 saturated heterocycles. The molecule has 1 atom stereocenters. The Balaban J connectivity index is 2.05. The highest BCUT2D eigenvalue weighted by Crippen LogP contribution is 2.16. The number of carbonyl (C=O) groups is 1. The largest absolute Gasteiger partial charge is 0.468 e. The molecule has 0 radical (unpaired) electrons. The van der Waals surface area contributed by atoms with Crippen LogP contribution in [0.1, 0.15) is 11.1 Å². The highest BCUT2D eigenvalue weighted by atomic mass is 32.2. The van der Waals surface area contributed by atoms with Crippen LogP contribution >= 0.6 is 11.8 Å². The zero-order chi connectivity index (χ0) is 18.3.